The van der Waals surface area contributed by atoms with E-state index in [1.54, 1.807) is 31.5 Å². The van der Waals surface area contributed by atoms with Crippen LogP contribution in [0.1, 0.15) is 37.5 Å². The molecule has 0 fully saturated rings. The second-order valence-electron chi connectivity index (χ2n) is 6.88. The highest BCUT2D eigenvalue weighted by atomic mass is 32.1. The number of hydrogen-bond donors (Lipinski definition) is 1. The smallest absolute Gasteiger partial charge is 0.294 e. The van der Waals surface area contributed by atoms with Gasteiger partial charge in [-0.2, -0.15) is 0 Å². The summed E-state index contributed by atoms with van der Waals surface area (Å²) in [6.45, 7) is 5.47. The molecule has 0 spiro atoms. The zero-order valence-electron chi connectivity index (χ0n) is 16.2. The van der Waals surface area contributed by atoms with Crippen molar-refractivity contribution in [3.8, 4) is 0 Å². The molecule has 0 radical (unpaired) electrons. The van der Waals surface area contributed by atoms with Crippen molar-refractivity contribution in [2.75, 3.05) is 4.90 Å². The minimum absolute atomic E-state index is 0.0659. The predicted molar refractivity (Wildman–Crippen MR) is 111 cm³/mol. The lowest BCUT2D eigenvalue weighted by molar-refractivity contribution is -0.117. The number of carbonyl (C=O) groups excluding carboxylic acids is 2. The summed E-state index contributed by atoms with van der Waals surface area (Å²) in [4.78, 5) is 36.8. The Morgan fingerprint density at radius 2 is 1.79 bits per heavy atom. The van der Waals surface area contributed by atoms with Crippen molar-refractivity contribution in [2.45, 2.75) is 26.8 Å². The SMILES string of the molecule is Cc1nc(C)c(C(=O)C2=C(O)C(=O)N(c3ccccc3C)C2c2ccncc2)s1. The minimum Gasteiger partial charge on any atom is -0.503 e. The molecule has 1 aliphatic heterocycles. The average Bonchev–Trinajstić information content (AvgIpc) is 3.18. The van der Waals surface area contributed by atoms with Crippen molar-refractivity contribution < 1.29 is 14.7 Å². The molecule has 1 unspecified atom stereocenters. The van der Waals surface area contributed by atoms with Gasteiger partial charge in [0.05, 0.1) is 27.2 Å². The highest BCUT2D eigenvalue weighted by molar-refractivity contribution is 7.14. The number of para-hydroxylation sites is 1. The van der Waals surface area contributed by atoms with Crippen molar-refractivity contribution in [1.82, 2.24) is 9.97 Å². The molecule has 29 heavy (non-hydrogen) atoms. The summed E-state index contributed by atoms with van der Waals surface area (Å²) in [5, 5.41) is 11.5. The fraction of sp³-hybridized carbons (Fsp3) is 0.182. The second-order valence-corrected chi connectivity index (χ2v) is 8.09. The normalized spacial score (nSPS) is 16.6. The third-order valence-electron chi connectivity index (χ3n) is 4.96. The maximum atomic E-state index is 13.4. The number of amides is 1. The number of pyridine rings is 1. The summed E-state index contributed by atoms with van der Waals surface area (Å²) in [5.41, 5.74) is 2.87. The van der Waals surface area contributed by atoms with Gasteiger partial charge in [-0.1, -0.05) is 18.2 Å². The van der Waals surface area contributed by atoms with Crippen molar-refractivity contribution in [2.24, 2.45) is 0 Å². The number of aliphatic hydroxyl groups is 1. The van der Waals surface area contributed by atoms with E-state index in [1.165, 1.54) is 16.2 Å². The molecule has 1 aromatic carbocycles. The van der Waals surface area contributed by atoms with E-state index >= 15 is 0 Å². The Morgan fingerprint density at radius 1 is 1.10 bits per heavy atom. The van der Waals surface area contributed by atoms with Crippen LogP contribution < -0.4 is 4.90 Å². The lowest BCUT2D eigenvalue weighted by Crippen LogP contribution is -2.31. The Labute approximate surface area is 172 Å². The number of carbonyl (C=O) groups is 2. The summed E-state index contributed by atoms with van der Waals surface area (Å²) in [6.07, 6.45) is 3.21. The Morgan fingerprint density at radius 3 is 2.41 bits per heavy atom. The van der Waals surface area contributed by atoms with Gasteiger partial charge < -0.3 is 5.11 Å². The van der Waals surface area contributed by atoms with Crippen LogP contribution in [0.25, 0.3) is 0 Å². The molecular weight excluding hydrogens is 386 g/mol. The van der Waals surface area contributed by atoms with E-state index in [0.29, 0.717) is 21.8 Å². The van der Waals surface area contributed by atoms with Crippen LogP contribution in [0.5, 0.6) is 0 Å². The molecule has 3 heterocycles. The molecule has 0 saturated carbocycles. The van der Waals surface area contributed by atoms with E-state index in [-0.39, 0.29) is 11.4 Å². The Kier molecular flexibility index (Phi) is 4.76. The molecule has 1 N–H and O–H groups in total. The van der Waals surface area contributed by atoms with E-state index < -0.39 is 17.7 Å². The van der Waals surface area contributed by atoms with Gasteiger partial charge in [0.15, 0.2) is 5.76 Å². The van der Waals surface area contributed by atoms with Crippen LogP contribution in [0.4, 0.5) is 5.69 Å². The van der Waals surface area contributed by atoms with Crippen LogP contribution in [0.3, 0.4) is 0 Å². The summed E-state index contributed by atoms with van der Waals surface area (Å²) in [7, 11) is 0. The van der Waals surface area contributed by atoms with Crippen LogP contribution >= 0.6 is 11.3 Å². The van der Waals surface area contributed by atoms with Crippen molar-refractivity contribution >= 4 is 28.7 Å². The van der Waals surface area contributed by atoms with Gasteiger partial charge in [0.2, 0.25) is 5.78 Å². The van der Waals surface area contributed by atoms with Crippen molar-refractivity contribution in [1.29, 1.82) is 0 Å². The third kappa shape index (κ3) is 3.13. The van der Waals surface area contributed by atoms with E-state index in [1.807, 2.05) is 38.1 Å². The highest BCUT2D eigenvalue weighted by Gasteiger charge is 2.45. The van der Waals surface area contributed by atoms with Gasteiger partial charge in [-0.25, -0.2) is 4.98 Å². The number of aliphatic hydroxyl groups excluding tert-OH is 1. The second kappa shape index (κ2) is 7.25. The molecule has 1 amide bonds. The maximum Gasteiger partial charge on any atom is 0.294 e. The summed E-state index contributed by atoms with van der Waals surface area (Å²) in [6, 6.07) is 10.2. The van der Waals surface area contributed by atoms with E-state index in [2.05, 4.69) is 9.97 Å². The Balaban J connectivity index is 1.91. The van der Waals surface area contributed by atoms with Crippen molar-refractivity contribution in [3.63, 3.8) is 0 Å². The number of aryl methyl sites for hydroxylation is 3. The fourth-order valence-corrected chi connectivity index (χ4v) is 4.52. The molecule has 0 bridgehead atoms. The lowest BCUT2D eigenvalue weighted by atomic mass is 9.95. The Bertz CT molecular complexity index is 1150. The molecule has 2 aromatic heterocycles. The number of hydrogen-bond acceptors (Lipinski definition) is 6. The zero-order chi connectivity index (χ0) is 20.7. The first-order valence-electron chi connectivity index (χ1n) is 9.11. The van der Waals surface area contributed by atoms with Crippen LogP contribution in [0, 0.1) is 20.8 Å². The number of thiazole rings is 1. The molecule has 1 atom stereocenters. The largest absolute Gasteiger partial charge is 0.503 e. The molecule has 3 aromatic rings. The molecule has 0 aliphatic carbocycles. The van der Waals surface area contributed by atoms with Gasteiger partial charge in [0.25, 0.3) is 5.91 Å². The van der Waals surface area contributed by atoms with Gasteiger partial charge in [-0.15, -0.1) is 11.3 Å². The van der Waals surface area contributed by atoms with E-state index in [9.17, 15) is 14.7 Å². The lowest BCUT2D eigenvalue weighted by Gasteiger charge is -2.28. The van der Waals surface area contributed by atoms with Crippen LogP contribution in [0.2, 0.25) is 0 Å². The molecule has 6 nitrogen and oxygen atoms in total. The highest BCUT2D eigenvalue weighted by Crippen LogP contribution is 2.43. The summed E-state index contributed by atoms with van der Waals surface area (Å²) >= 11 is 1.26. The number of rotatable bonds is 4. The maximum absolute atomic E-state index is 13.4. The van der Waals surface area contributed by atoms with Gasteiger partial charge in [-0.05, 0) is 50.1 Å². The zero-order valence-corrected chi connectivity index (χ0v) is 17.0. The standard InChI is InChI=1S/C22H19N3O3S/c1-12-6-4-5-7-16(12)25-18(15-8-10-23-11-9-15)17(20(27)22(25)28)19(26)21-13(2)24-14(3)29-21/h4-11,18,27H,1-3H3. The molecular formula is C22H19N3O3S. The number of Topliss-reactive ketones (excluding diaryl/α,β-unsaturated/α-hetero) is 1. The van der Waals surface area contributed by atoms with Crippen LogP contribution in [0.15, 0.2) is 60.1 Å². The number of anilines is 1. The summed E-state index contributed by atoms with van der Waals surface area (Å²) in [5.74, 6) is -1.49. The molecule has 0 saturated heterocycles. The van der Waals surface area contributed by atoms with E-state index in [0.717, 1.165) is 10.6 Å². The number of ketones is 1. The van der Waals surface area contributed by atoms with E-state index in [4.69, 9.17) is 0 Å². The topological polar surface area (TPSA) is 83.4 Å². The van der Waals surface area contributed by atoms with Crippen molar-refractivity contribution in [3.05, 3.63) is 86.8 Å². The molecule has 4 rings (SSSR count). The summed E-state index contributed by atoms with van der Waals surface area (Å²) < 4.78 is 0. The first-order chi connectivity index (χ1) is 13.9. The number of aromatic nitrogens is 2. The molecule has 7 heteroatoms. The third-order valence-corrected chi connectivity index (χ3v) is 6.03. The van der Waals surface area contributed by atoms with Gasteiger partial charge in [-0.3, -0.25) is 19.5 Å². The van der Waals surface area contributed by atoms with Crippen LogP contribution in [-0.4, -0.2) is 26.8 Å². The number of nitrogens with zero attached hydrogens (tertiary/aromatic N) is 3. The average molecular weight is 405 g/mol. The van der Waals surface area contributed by atoms with Gasteiger partial charge in [0.1, 0.15) is 0 Å². The van der Waals surface area contributed by atoms with Gasteiger partial charge in [0, 0.05) is 18.1 Å². The molecule has 1 aliphatic rings. The fourth-order valence-electron chi connectivity index (χ4n) is 3.64. The minimum atomic E-state index is -0.749. The first kappa shape index (κ1) is 19.0. The first-order valence-corrected chi connectivity index (χ1v) is 9.92. The Hall–Kier alpha value is -3.32. The molecule has 146 valence electrons. The quantitative estimate of drug-likeness (QED) is 0.656. The predicted octanol–water partition coefficient (Wildman–Crippen LogP) is 4.25. The number of benzene rings is 1. The van der Waals surface area contributed by atoms with Gasteiger partial charge >= 0.3 is 0 Å². The monoisotopic (exact) mass is 405 g/mol. The van der Waals surface area contributed by atoms with Crippen LogP contribution in [-0.2, 0) is 4.79 Å².